The van der Waals surface area contributed by atoms with E-state index >= 15 is 0 Å². The molecule has 8 heteroatoms. The minimum atomic E-state index is -0.178. The highest BCUT2D eigenvalue weighted by atomic mass is 16.6. The summed E-state index contributed by atoms with van der Waals surface area (Å²) in [5.41, 5.74) is 1.22. The molecule has 3 aliphatic rings. The number of rotatable bonds is 7. The first-order valence-corrected chi connectivity index (χ1v) is 11.6. The van der Waals surface area contributed by atoms with E-state index in [1.54, 1.807) is 0 Å². The second-order valence-electron chi connectivity index (χ2n) is 8.87. The number of carbonyl (C=O) groups excluding carboxylic acids is 2. The highest BCUT2D eigenvalue weighted by Crippen LogP contribution is 2.26. The molecule has 4 heterocycles. The lowest BCUT2D eigenvalue weighted by Gasteiger charge is -2.34. The van der Waals surface area contributed by atoms with Crippen molar-refractivity contribution >= 4 is 17.7 Å². The van der Waals surface area contributed by atoms with Gasteiger partial charge in [0.05, 0.1) is 19.1 Å². The zero-order valence-corrected chi connectivity index (χ0v) is 18.4. The van der Waals surface area contributed by atoms with Gasteiger partial charge in [0.15, 0.2) is 0 Å². The lowest BCUT2D eigenvalue weighted by atomic mass is 9.95. The van der Waals surface area contributed by atoms with Crippen molar-refractivity contribution in [3.05, 3.63) is 24.5 Å². The molecule has 0 spiro atoms. The molecule has 1 amide bonds. The van der Waals surface area contributed by atoms with Crippen LogP contribution in [0.3, 0.4) is 0 Å². The van der Waals surface area contributed by atoms with Crippen LogP contribution in [0.2, 0.25) is 0 Å². The molecular weight excluding hydrogens is 396 g/mol. The number of carbonyl (C=O) groups is 2. The van der Waals surface area contributed by atoms with Crippen molar-refractivity contribution in [1.82, 2.24) is 14.8 Å². The Labute approximate surface area is 184 Å². The minimum Gasteiger partial charge on any atom is -0.466 e. The van der Waals surface area contributed by atoms with Gasteiger partial charge in [-0.15, -0.1) is 0 Å². The van der Waals surface area contributed by atoms with Gasteiger partial charge in [-0.2, -0.15) is 0 Å². The number of pyridine rings is 1. The SMILES string of the molecule is CCOC(=O)C1CCN(CC2CN(CC3CCN(c4ccncc4)CC3)C(=O)O2)CC1. The lowest BCUT2D eigenvalue weighted by Crippen LogP contribution is -2.42. The fraction of sp³-hybridized carbons (Fsp3) is 0.696. The Hall–Kier alpha value is -2.35. The van der Waals surface area contributed by atoms with Crippen LogP contribution in [0.5, 0.6) is 0 Å². The first-order chi connectivity index (χ1) is 15.1. The van der Waals surface area contributed by atoms with Crippen LogP contribution < -0.4 is 4.90 Å². The summed E-state index contributed by atoms with van der Waals surface area (Å²) in [5.74, 6) is 0.456. The molecule has 170 valence electrons. The molecule has 0 aromatic carbocycles. The zero-order chi connectivity index (χ0) is 21.6. The molecule has 1 aromatic rings. The molecule has 3 saturated heterocycles. The summed E-state index contributed by atoms with van der Waals surface area (Å²) in [6.07, 6.45) is 7.21. The van der Waals surface area contributed by atoms with Crippen molar-refractivity contribution in [2.24, 2.45) is 11.8 Å². The fourth-order valence-corrected chi connectivity index (χ4v) is 4.96. The molecule has 1 aromatic heterocycles. The summed E-state index contributed by atoms with van der Waals surface area (Å²) in [7, 11) is 0. The topological polar surface area (TPSA) is 75.2 Å². The monoisotopic (exact) mass is 430 g/mol. The van der Waals surface area contributed by atoms with Gasteiger partial charge in [0.1, 0.15) is 6.10 Å². The van der Waals surface area contributed by atoms with Crippen LogP contribution in [0, 0.1) is 11.8 Å². The molecular formula is C23H34N4O4. The van der Waals surface area contributed by atoms with Crippen molar-refractivity contribution < 1.29 is 19.1 Å². The molecule has 0 radical (unpaired) electrons. The number of likely N-dealkylation sites (tertiary alicyclic amines) is 1. The number of hydrogen-bond donors (Lipinski definition) is 0. The van der Waals surface area contributed by atoms with E-state index in [0.717, 1.165) is 65.0 Å². The average molecular weight is 431 g/mol. The Morgan fingerprint density at radius 3 is 2.48 bits per heavy atom. The van der Waals surface area contributed by atoms with Gasteiger partial charge < -0.3 is 19.3 Å². The first kappa shape index (κ1) is 21.9. The first-order valence-electron chi connectivity index (χ1n) is 11.6. The van der Waals surface area contributed by atoms with E-state index in [2.05, 4.69) is 26.9 Å². The summed E-state index contributed by atoms with van der Waals surface area (Å²) in [6.45, 7) is 8.21. The number of ether oxygens (including phenoxy) is 2. The maximum atomic E-state index is 12.4. The number of amides is 1. The van der Waals surface area contributed by atoms with Crippen molar-refractivity contribution in [2.45, 2.75) is 38.7 Å². The van der Waals surface area contributed by atoms with Crippen LogP contribution in [0.1, 0.15) is 32.6 Å². The van der Waals surface area contributed by atoms with Crippen LogP contribution in [-0.4, -0.2) is 85.4 Å². The summed E-state index contributed by atoms with van der Waals surface area (Å²) in [6, 6.07) is 4.11. The van der Waals surface area contributed by atoms with Crippen LogP contribution in [0.4, 0.5) is 10.5 Å². The van der Waals surface area contributed by atoms with Crippen molar-refractivity contribution in [2.75, 3.05) is 57.3 Å². The van der Waals surface area contributed by atoms with Gasteiger partial charge in [0.25, 0.3) is 0 Å². The lowest BCUT2D eigenvalue weighted by molar-refractivity contribution is -0.149. The smallest absolute Gasteiger partial charge is 0.410 e. The number of cyclic esters (lactones) is 1. The summed E-state index contributed by atoms with van der Waals surface area (Å²) in [4.78, 5) is 35.0. The van der Waals surface area contributed by atoms with Gasteiger partial charge in [0, 0.05) is 44.3 Å². The molecule has 0 N–H and O–H groups in total. The van der Waals surface area contributed by atoms with Crippen molar-refractivity contribution in [3.63, 3.8) is 0 Å². The molecule has 1 atom stereocenters. The maximum Gasteiger partial charge on any atom is 0.410 e. The second kappa shape index (κ2) is 10.3. The minimum absolute atomic E-state index is 0.0110. The summed E-state index contributed by atoms with van der Waals surface area (Å²) < 4.78 is 10.8. The molecule has 4 rings (SSSR count). The normalized spacial score (nSPS) is 23.8. The molecule has 3 aliphatic heterocycles. The fourth-order valence-electron chi connectivity index (χ4n) is 4.96. The Kier molecular flexibility index (Phi) is 7.27. The molecule has 0 bridgehead atoms. The third-order valence-corrected chi connectivity index (χ3v) is 6.74. The highest BCUT2D eigenvalue weighted by Gasteiger charge is 2.35. The van der Waals surface area contributed by atoms with Gasteiger partial charge in [-0.05, 0) is 63.7 Å². The van der Waals surface area contributed by atoms with Crippen LogP contribution >= 0.6 is 0 Å². The number of nitrogens with zero attached hydrogens (tertiary/aromatic N) is 4. The van der Waals surface area contributed by atoms with E-state index < -0.39 is 0 Å². The number of aromatic nitrogens is 1. The molecule has 8 nitrogen and oxygen atoms in total. The number of piperidine rings is 2. The quantitative estimate of drug-likeness (QED) is 0.615. The van der Waals surface area contributed by atoms with Gasteiger partial charge in [-0.1, -0.05) is 0 Å². The molecule has 0 aliphatic carbocycles. The van der Waals surface area contributed by atoms with Gasteiger partial charge in [0.2, 0.25) is 0 Å². The molecule has 1 unspecified atom stereocenters. The van der Waals surface area contributed by atoms with Gasteiger partial charge in [-0.3, -0.25) is 14.7 Å². The number of esters is 1. The van der Waals surface area contributed by atoms with E-state index in [0.29, 0.717) is 19.1 Å². The highest BCUT2D eigenvalue weighted by molar-refractivity contribution is 5.72. The Morgan fingerprint density at radius 1 is 1.10 bits per heavy atom. The summed E-state index contributed by atoms with van der Waals surface area (Å²) >= 11 is 0. The van der Waals surface area contributed by atoms with Gasteiger partial charge >= 0.3 is 12.1 Å². The molecule has 31 heavy (non-hydrogen) atoms. The van der Waals surface area contributed by atoms with Gasteiger partial charge in [-0.25, -0.2) is 4.79 Å². The Balaban J connectivity index is 1.18. The van der Waals surface area contributed by atoms with E-state index in [4.69, 9.17) is 9.47 Å². The Bertz CT molecular complexity index is 730. The van der Waals surface area contributed by atoms with E-state index in [9.17, 15) is 9.59 Å². The zero-order valence-electron chi connectivity index (χ0n) is 18.4. The van der Waals surface area contributed by atoms with Crippen LogP contribution in [0.25, 0.3) is 0 Å². The third-order valence-electron chi connectivity index (χ3n) is 6.74. The third kappa shape index (κ3) is 5.67. The maximum absolute atomic E-state index is 12.4. The Morgan fingerprint density at radius 2 is 1.81 bits per heavy atom. The summed E-state index contributed by atoms with van der Waals surface area (Å²) in [5, 5.41) is 0. The number of anilines is 1. The molecule has 0 saturated carbocycles. The van der Waals surface area contributed by atoms with E-state index in [1.165, 1.54) is 5.69 Å². The molecule has 3 fully saturated rings. The van der Waals surface area contributed by atoms with Crippen molar-refractivity contribution in [1.29, 1.82) is 0 Å². The number of hydrogen-bond acceptors (Lipinski definition) is 7. The standard InChI is InChI=1S/C23H34N4O4/c1-2-30-22(28)19-7-11-25(12-8-19)16-21-17-27(23(29)31-21)15-18-5-13-26(14-6-18)20-3-9-24-10-4-20/h3-4,9-10,18-19,21H,2,5-8,11-17H2,1H3. The second-order valence-corrected chi connectivity index (χ2v) is 8.87. The predicted molar refractivity (Wildman–Crippen MR) is 117 cm³/mol. The van der Waals surface area contributed by atoms with Crippen LogP contribution in [-0.2, 0) is 14.3 Å². The van der Waals surface area contributed by atoms with E-state index in [1.807, 2.05) is 24.2 Å². The van der Waals surface area contributed by atoms with E-state index in [-0.39, 0.29) is 24.1 Å². The largest absolute Gasteiger partial charge is 0.466 e. The predicted octanol–water partition coefficient (Wildman–Crippen LogP) is 2.39. The average Bonchev–Trinajstić information content (AvgIpc) is 3.14. The van der Waals surface area contributed by atoms with Crippen LogP contribution in [0.15, 0.2) is 24.5 Å². The van der Waals surface area contributed by atoms with Crippen molar-refractivity contribution in [3.8, 4) is 0 Å².